The Labute approximate surface area is 164 Å². The fourth-order valence-corrected chi connectivity index (χ4v) is 3.58. The van der Waals surface area contributed by atoms with E-state index in [0.717, 1.165) is 16.7 Å². The van der Waals surface area contributed by atoms with Gasteiger partial charge in [0, 0.05) is 28.5 Å². The van der Waals surface area contributed by atoms with Crippen LogP contribution in [0.4, 0.5) is 5.13 Å². The highest BCUT2D eigenvalue weighted by atomic mass is 32.2. The molecule has 0 fully saturated rings. The number of H-pyrrole nitrogens is 1. The second-order valence-corrected chi connectivity index (χ2v) is 7.65. The summed E-state index contributed by atoms with van der Waals surface area (Å²) in [5.41, 5.74) is 1.20. The van der Waals surface area contributed by atoms with Crippen LogP contribution in [0.15, 0.2) is 35.8 Å². The first-order valence-corrected chi connectivity index (χ1v) is 10.5. The average molecular weight is 405 g/mol. The number of amides is 2. The van der Waals surface area contributed by atoms with Gasteiger partial charge in [0.1, 0.15) is 17.5 Å². The summed E-state index contributed by atoms with van der Waals surface area (Å²) in [6, 6.07) is 6.65. The first-order valence-electron chi connectivity index (χ1n) is 8.27. The first kappa shape index (κ1) is 19.2. The highest BCUT2D eigenvalue weighted by Crippen LogP contribution is 2.21. The van der Waals surface area contributed by atoms with Crippen LogP contribution in [-0.4, -0.2) is 46.9 Å². The number of carbonyl (C=O) groups is 2. The van der Waals surface area contributed by atoms with Crippen molar-refractivity contribution in [2.45, 2.75) is 12.5 Å². The van der Waals surface area contributed by atoms with E-state index in [2.05, 4.69) is 20.6 Å². The molecule has 0 bridgehead atoms. The fraction of sp³-hybridized carbons (Fsp3) is 0.278. The van der Waals surface area contributed by atoms with Crippen LogP contribution in [0.25, 0.3) is 10.9 Å². The Balaban J connectivity index is 1.74. The van der Waals surface area contributed by atoms with Crippen LogP contribution in [0, 0.1) is 0 Å². The molecule has 0 aliphatic rings. The molecule has 7 nitrogen and oxygen atoms in total. The Bertz CT molecular complexity index is 924. The lowest BCUT2D eigenvalue weighted by Crippen LogP contribution is -2.44. The van der Waals surface area contributed by atoms with E-state index < -0.39 is 6.04 Å². The van der Waals surface area contributed by atoms with Gasteiger partial charge in [-0.25, -0.2) is 4.98 Å². The summed E-state index contributed by atoms with van der Waals surface area (Å²) in [6.45, 7) is 0. The predicted octanol–water partition coefficient (Wildman–Crippen LogP) is 3.12. The molecule has 1 aromatic carbocycles. The number of anilines is 1. The molecule has 0 radical (unpaired) electrons. The molecule has 1 atom stereocenters. The number of aromatic amines is 1. The van der Waals surface area contributed by atoms with Gasteiger partial charge in [0.15, 0.2) is 5.13 Å². The molecule has 2 aromatic heterocycles. The fourth-order valence-electron chi connectivity index (χ4n) is 2.57. The molecule has 2 amide bonds. The number of aromatic nitrogens is 2. The van der Waals surface area contributed by atoms with Crippen LogP contribution < -0.4 is 15.4 Å². The highest BCUT2D eigenvalue weighted by molar-refractivity contribution is 7.98. The van der Waals surface area contributed by atoms with E-state index in [-0.39, 0.29) is 11.8 Å². The topological polar surface area (TPSA) is 96.1 Å². The number of thioether (sulfide) groups is 1. The van der Waals surface area contributed by atoms with E-state index >= 15 is 0 Å². The summed E-state index contributed by atoms with van der Waals surface area (Å²) in [4.78, 5) is 32.3. The van der Waals surface area contributed by atoms with Crippen molar-refractivity contribution in [2.75, 3.05) is 24.4 Å². The summed E-state index contributed by atoms with van der Waals surface area (Å²) in [7, 11) is 1.59. The molecule has 3 rings (SSSR count). The zero-order valence-corrected chi connectivity index (χ0v) is 16.6. The zero-order valence-electron chi connectivity index (χ0n) is 14.9. The van der Waals surface area contributed by atoms with Gasteiger partial charge in [-0.3, -0.25) is 9.59 Å². The third-order valence-electron chi connectivity index (χ3n) is 3.97. The molecular weight excluding hydrogens is 384 g/mol. The molecule has 1 unspecified atom stereocenters. The number of carbonyl (C=O) groups excluding carboxylic acids is 2. The highest BCUT2D eigenvalue weighted by Gasteiger charge is 2.22. The number of benzene rings is 1. The summed E-state index contributed by atoms with van der Waals surface area (Å²) in [5, 5.41) is 8.76. The maximum Gasteiger partial charge on any atom is 0.268 e. The maximum atomic E-state index is 12.7. The number of hydrogen-bond acceptors (Lipinski definition) is 6. The third kappa shape index (κ3) is 4.81. The smallest absolute Gasteiger partial charge is 0.268 e. The van der Waals surface area contributed by atoms with Crippen LogP contribution in [0.1, 0.15) is 16.9 Å². The predicted molar refractivity (Wildman–Crippen MR) is 110 cm³/mol. The molecule has 142 valence electrons. The Morgan fingerprint density at radius 2 is 2.22 bits per heavy atom. The molecule has 9 heteroatoms. The minimum atomic E-state index is -0.644. The Kier molecular flexibility index (Phi) is 6.36. The standard InChI is InChI=1S/C18H20N4O3S2/c1-25-12-4-3-11-9-15(20-14(11)10-12)17(24)21-13(5-7-26-2)16(23)22-18-19-6-8-27-18/h3-4,6,8-10,13,20H,5,7H2,1-2H3,(H,21,24)(H,19,22,23). The molecule has 0 saturated heterocycles. The molecule has 0 saturated carbocycles. The minimum absolute atomic E-state index is 0.273. The molecule has 2 heterocycles. The summed E-state index contributed by atoms with van der Waals surface area (Å²) < 4.78 is 5.20. The molecule has 27 heavy (non-hydrogen) atoms. The van der Waals surface area contributed by atoms with Crippen molar-refractivity contribution >= 4 is 50.9 Å². The second-order valence-electron chi connectivity index (χ2n) is 5.77. The quantitative estimate of drug-likeness (QED) is 0.536. The van der Waals surface area contributed by atoms with Crippen molar-refractivity contribution in [1.82, 2.24) is 15.3 Å². The number of nitrogens with zero attached hydrogens (tertiary/aromatic N) is 1. The van der Waals surface area contributed by atoms with Crippen LogP contribution in [0.3, 0.4) is 0 Å². The lowest BCUT2D eigenvalue weighted by molar-refractivity contribution is -0.118. The summed E-state index contributed by atoms with van der Waals surface area (Å²) in [6.07, 6.45) is 4.11. The molecule has 3 N–H and O–H groups in total. The van der Waals surface area contributed by atoms with Gasteiger partial charge in [-0.15, -0.1) is 11.3 Å². The number of ether oxygens (including phenoxy) is 1. The number of thiazole rings is 1. The van der Waals surface area contributed by atoms with Crippen LogP contribution in [-0.2, 0) is 4.79 Å². The van der Waals surface area contributed by atoms with Crippen LogP contribution in [0.2, 0.25) is 0 Å². The largest absolute Gasteiger partial charge is 0.497 e. The van der Waals surface area contributed by atoms with Gasteiger partial charge in [-0.2, -0.15) is 11.8 Å². The van der Waals surface area contributed by atoms with Gasteiger partial charge >= 0.3 is 0 Å². The van der Waals surface area contributed by atoms with Crippen LogP contribution >= 0.6 is 23.1 Å². The van der Waals surface area contributed by atoms with E-state index in [1.54, 1.807) is 36.5 Å². The van der Waals surface area contributed by atoms with E-state index in [4.69, 9.17) is 4.74 Å². The SMILES string of the molecule is COc1ccc2cc(C(=O)NC(CCSC)C(=O)Nc3nccs3)[nH]c2c1. The van der Waals surface area contributed by atoms with Gasteiger partial charge in [0.25, 0.3) is 5.91 Å². The van der Waals surface area contributed by atoms with E-state index in [1.807, 2.05) is 24.5 Å². The normalized spacial score (nSPS) is 11.9. The Hall–Kier alpha value is -2.52. The monoisotopic (exact) mass is 404 g/mol. The van der Waals surface area contributed by atoms with Crippen molar-refractivity contribution in [3.63, 3.8) is 0 Å². The molecule has 0 spiro atoms. The van der Waals surface area contributed by atoms with Crippen molar-refractivity contribution < 1.29 is 14.3 Å². The van der Waals surface area contributed by atoms with Gasteiger partial charge in [0.2, 0.25) is 5.91 Å². The van der Waals surface area contributed by atoms with Crippen molar-refractivity contribution in [1.29, 1.82) is 0 Å². The van der Waals surface area contributed by atoms with Crippen molar-refractivity contribution in [3.05, 3.63) is 41.5 Å². The van der Waals surface area contributed by atoms with Crippen molar-refractivity contribution in [2.24, 2.45) is 0 Å². The number of nitrogens with one attached hydrogen (secondary N) is 3. The van der Waals surface area contributed by atoms with E-state index in [9.17, 15) is 9.59 Å². The first-order chi connectivity index (χ1) is 13.1. The summed E-state index contributed by atoms with van der Waals surface area (Å²) >= 11 is 2.96. The zero-order chi connectivity index (χ0) is 19.2. The summed E-state index contributed by atoms with van der Waals surface area (Å²) in [5.74, 6) is 0.854. The second kappa shape index (κ2) is 8.92. The van der Waals surface area contributed by atoms with Crippen molar-refractivity contribution in [3.8, 4) is 5.75 Å². The average Bonchev–Trinajstić information content (AvgIpc) is 3.33. The van der Waals surface area contributed by atoms with E-state index in [0.29, 0.717) is 23.0 Å². The minimum Gasteiger partial charge on any atom is -0.497 e. The molecule has 0 aliphatic heterocycles. The van der Waals surface area contributed by atoms with E-state index in [1.165, 1.54) is 11.3 Å². The molecule has 0 aliphatic carbocycles. The lowest BCUT2D eigenvalue weighted by atomic mass is 10.2. The van der Waals surface area contributed by atoms with Gasteiger partial charge < -0.3 is 20.4 Å². The number of fused-ring (bicyclic) bond motifs is 1. The van der Waals surface area contributed by atoms with Crippen LogP contribution in [0.5, 0.6) is 5.75 Å². The third-order valence-corrected chi connectivity index (χ3v) is 5.30. The number of hydrogen-bond donors (Lipinski definition) is 3. The Morgan fingerprint density at radius 1 is 1.37 bits per heavy atom. The van der Waals surface area contributed by atoms with Gasteiger partial charge in [-0.05, 0) is 36.6 Å². The number of rotatable bonds is 8. The lowest BCUT2D eigenvalue weighted by Gasteiger charge is -2.17. The maximum absolute atomic E-state index is 12.7. The Morgan fingerprint density at radius 3 is 2.93 bits per heavy atom. The number of methoxy groups -OCH3 is 1. The molecular formula is C18H20N4O3S2. The van der Waals surface area contributed by atoms with Gasteiger partial charge in [-0.1, -0.05) is 0 Å². The van der Waals surface area contributed by atoms with Gasteiger partial charge in [0.05, 0.1) is 7.11 Å². The molecule has 3 aromatic rings.